The van der Waals surface area contributed by atoms with Gasteiger partial charge >= 0.3 is 5.69 Å². The van der Waals surface area contributed by atoms with Crippen LogP contribution < -0.4 is 0 Å². The topological polar surface area (TPSA) is 71.3 Å². The summed E-state index contributed by atoms with van der Waals surface area (Å²) in [6, 6.07) is 3.06. The van der Waals surface area contributed by atoms with Crippen molar-refractivity contribution in [3.63, 3.8) is 0 Å². The molecule has 0 N–H and O–H groups in total. The summed E-state index contributed by atoms with van der Waals surface area (Å²) in [5.74, 6) is 0. The summed E-state index contributed by atoms with van der Waals surface area (Å²) in [6.45, 7) is 0. The first kappa shape index (κ1) is 9.76. The third kappa shape index (κ3) is 1.60. The quantitative estimate of drug-likeness (QED) is 0.453. The van der Waals surface area contributed by atoms with Gasteiger partial charge in [0.05, 0.1) is 4.92 Å². The Hall–Kier alpha value is -1.78. The van der Waals surface area contributed by atoms with Gasteiger partial charge in [0.1, 0.15) is 9.75 Å². The van der Waals surface area contributed by atoms with E-state index in [-0.39, 0.29) is 5.69 Å². The Labute approximate surface area is 92.4 Å². The van der Waals surface area contributed by atoms with Crippen LogP contribution in [-0.4, -0.2) is 4.92 Å². The van der Waals surface area contributed by atoms with Crippen molar-refractivity contribution in [1.82, 2.24) is 0 Å². The molecule has 0 unspecified atom stereocenters. The highest BCUT2D eigenvalue weighted by atomic mass is 32.1. The van der Waals surface area contributed by atoms with Crippen molar-refractivity contribution in [3.8, 4) is 9.75 Å². The van der Waals surface area contributed by atoms with Gasteiger partial charge in [0.15, 0.2) is 4.98 Å². The lowest BCUT2D eigenvalue weighted by Gasteiger charge is -1.89. The number of hydrogen-bond acceptors (Lipinski definition) is 5. The van der Waals surface area contributed by atoms with Crippen LogP contribution in [0.1, 0.15) is 0 Å². The summed E-state index contributed by atoms with van der Waals surface area (Å²) in [5.41, 5.74) is 0.415. The molecule has 2 aromatic rings. The van der Waals surface area contributed by atoms with Crippen LogP contribution in [0.3, 0.4) is 0 Å². The van der Waals surface area contributed by atoms with Gasteiger partial charge in [0, 0.05) is 12.1 Å². The molecule has 0 atom stereocenters. The Morgan fingerprint density at radius 3 is 2.60 bits per heavy atom. The number of nitrogens with zero attached hydrogens (tertiary/aromatic N) is 3. The van der Waals surface area contributed by atoms with Crippen molar-refractivity contribution in [1.29, 1.82) is 5.39 Å². The molecule has 0 radical (unpaired) electrons. The molecule has 0 fully saturated rings. The normalized spacial score (nSPS) is 9.80. The zero-order chi connectivity index (χ0) is 10.8. The first-order valence-corrected chi connectivity index (χ1v) is 5.65. The van der Waals surface area contributed by atoms with Gasteiger partial charge in [-0.15, -0.1) is 22.7 Å². The largest absolute Gasteiger partial charge is 0.404 e. The monoisotopic (exact) mass is 238 g/mol. The summed E-state index contributed by atoms with van der Waals surface area (Å²) < 4.78 is 0. The molecular weight excluding hydrogens is 234 g/mol. The lowest BCUT2D eigenvalue weighted by Crippen LogP contribution is -1.85. The fraction of sp³-hybridized carbons (Fsp3) is 0. The Morgan fingerprint density at radius 1 is 1.27 bits per heavy atom. The van der Waals surface area contributed by atoms with E-state index in [2.05, 4.69) is 4.98 Å². The van der Waals surface area contributed by atoms with Crippen molar-refractivity contribution in [3.05, 3.63) is 38.0 Å². The van der Waals surface area contributed by atoms with E-state index >= 15 is 0 Å². The number of nitro groups is 1. The summed E-state index contributed by atoms with van der Waals surface area (Å²) in [6.07, 6.45) is 0. The van der Waals surface area contributed by atoms with E-state index in [0.29, 0.717) is 15.4 Å². The summed E-state index contributed by atoms with van der Waals surface area (Å²) in [4.78, 5) is 14.5. The Bertz CT molecular complexity index is 552. The smallest absolute Gasteiger partial charge is 0.258 e. The van der Waals surface area contributed by atoms with Gasteiger partial charge in [-0.25, -0.2) is 0 Å². The average molecular weight is 238 g/mol. The van der Waals surface area contributed by atoms with Gasteiger partial charge in [-0.1, -0.05) is 0 Å². The van der Waals surface area contributed by atoms with Gasteiger partial charge < -0.3 is 0 Å². The maximum absolute atomic E-state index is 10.7. The van der Waals surface area contributed by atoms with Crippen LogP contribution in [0.15, 0.2) is 22.9 Å². The molecular formula is C8H4N3O2S2+. The van der Waals surface area contributed by atoms with Gasteiger partial charge in [0.25, 0.3) is 5.69 Å². The third-order valence-electron chi connectivity index (χ3n) is 1.80. The summed E-state index contributed by atoms with van der Waals surface area (Å²) in [5, 5.41) is 22.8. The first-order chi connectivity index (χ1) is 7.24. The standard InChI is InChI=1S/C8H4N3O2S2/c9-10-5-1-3-14-7(5)8-6(11(12)13)2-4-15-8/h1-4H/q+1. The van der Waals surface area contributed by atoms with E-state index < -0.39 is 4.92 Å². The van der Waals surface area contributed by atoms with Gasteiger partial charge in [-0.3, -0.25) is 10.1 Å². The predicted octanol–water partition coefficient (Wildman–Crippen LogP) is 3.87. The molecule has 2 rings (SSSR count). The number of hydrogen-bond donors (Lipinski definition) is 0. The number of thiophene rings is 2. The SMILES string of the molecule is N#[N+]c1ccsc1-c1sccc1[N+](=O)[O-]. The van der Waals surface area contributed by atoms with Crippen molar-refractivity contribution < 1.29 is 4.92 Å². The fourth-order valence-corrected chi connectivity index (χ4v) is 3.04. The van der Waals surface area contributed by atoms with Crippen LogP contribution in [0, 0.1) is 15.5 Å². The second-order valence-electron chi connectivity index (χ2n) is 2.63. The molecule has 74 valence electrons. The minimum absolute atomic E-state index is 0.0485. The zero-order valence-electron chi connectivity index (χ0n) is 7.28. The Morgan fingerprint density at radius 2 is 1.93 bits per heavy atom. The predicted molar refractivity (Wildman–Crippen MR) is 59.0 cm³/mol. The van der Waals surface area contributed by atoms with E-state index in [1.54, 1.807) is 16.8 Å². The average Bonchev–Trinajstić information content (AvgIpc) is 2.85. The molecule has 0 aliphatic carbocycles. The van der Waals surface area contributed by atoms with Crippen LogP contribution in [0.2, 0.25) is 0 Å². The van der Waals surface area contributed by atoms with Crippen LogP contribution in [0.25, 0.3) is 14.7 Å². The van der Waals surface area contributed by atoms with E-state index in [1.165, 1.54) is 28.7 Å². The minimum atomic E-state index is -0.438. The number of rotatable bonds is 2. The summed E-state index contributed by atoms with van der Waals surface area (Å²) in [7, 11) is 0. The molecule has 2 aromatic heterocycles. The van der Waals surface area contributed by atoms with Gasteiger partial charge in [-0.05, 0) is 10.8 Å². The van der Waals surface area contributed by atoms with Crippen LogP contribution in [0.5, 0.6) is 0 Å². The molecule has 15 heavy (non-hydrogen) atoms. The second-order valence-corrected chi connectivity index (χ2v) is 4.46. The third-order valence-corrected chi connectivity index (χ3v) is 3.77. The van der Waals surface area contributed by atoms with Gasteiger partial charge in [0.2, 0.25) is 5.39 Å². The maximum atomic E-state index is 10.7. The molecule has 0 saturated heterocycles. The minimum Gasteiger partial charge on any atom is -0.258 e. The van der Waals surface area contributed by atoms with Crippen LogP contribution in [0.4, 0.5) is 11.4 Å². The molecule has 5 nitrogen and oxygen atoms in total. The van der Waals surface area contributed by atoms with Crippen molar-refractivity contribution in [2.24, 2.45) is 0 Å². The van der Waals surface area contributed by atoms with Gasteiger partial charge in [-0.2, -0.15) is 0 Å². The molecule has 0 aliphatic heterocycles. The van der Waals surface area contributed by atoms with Crippen molar-refractivity contribution >= 4 is 34.0 Å². The molecule has 7 heteroatoms. The van der Waals surface area contributed by atoms with Crippen molar-refractivity contribution in [2.45, 2.75) is 0 Å². The van der Waals surface area contributed by atoms with Crippen LogP contribution >= 0.6 is 22.7 Å². The maximum Gasteiger partial charge on any atom is 0.404 e. The van der Waals surface area contributed by atoms with E-state index in [4.69, 9.17) is 5.39 Å². The van der Waals surface area contributed by atoms with Crippen LogP contribution in [-0.2, 0) is 0 Å². The molecule has 2 heterocycles. The lowest BCUT2D eigenvalue weighted by atomic mass is 10.3. The zero-order valence-corrected chi connectivity index (χ0v) is 8.92. The van der Waals surface area contributed by atoms with E-state index in [1.807, 2.05) is 0 Å². The molecule has 0 spiro atoms. The first-order valence-electron chi connectivity index (χ1n) is 3.89. The molecule has 0 aliphatic rings. The summed E-state index contributed by atoms with van der Waals surface area (Å²) >= 11 is 2.58. The van der Waals surface area contributed by atoms with E-state index in [9.17, 15) is 10.1 Å². The second kappa shape index (κ2) is 3.76. The Balaban J connectivity index is 2.60. The van der Waals surface area contributed by atoms with Crippen molar-refractivity contribution in [2.75, 3.05) is 0 Å². The molecule has 0 bridgehead atoms. The lowest BCUT2D eigenvalue weighted by molar-refractivity contribution is -0.383. The number of diazo groups is 1. The Kier molecular flexibility index (Phi) is 2.45. The molecule has 0 aromatic carbocycles. The van der Waals surface area contributed by atoms with E-state index in [0.717, 1.165) is 0 Å². The highest BCUT2D eigenvalue weighted by molar-refractivity contribution is 7.21. The highest BCUT2D eigenvalue weighted by Gasteiger charge is 2.25. The molecule has 0 amide bonds. The highest BCUT2D eigenvalue weighted by Crippen LogP contribution is 2.43. The molecule has 0 saturated carbocycles. The fourth-order valence-electron chi connectivity index (χ4n) is 1.17.